The number of hydrogen-bond acceptors (Lipinski definition) is 3. The fourth-order valence-corrected chi connectivity index (χ4v) is 3.14. The molecule has 2 saturated heterocycles. The molecule has 0 N–H and O–H groups in total. The molecular formula is C12H17Cl2N3. The second-order valence-electron chi connectivity index (χ2n) is 4.87. The van der Waals surface area contributed by atoms with Gasteiger partial charge in [-0.15, -0.1) is 12.4 Å². The van der Waals surface area contributed by atoms with Gasteiger partial charge in [-0.05, 0) is 31.5 Å². The number of pyridine rings is 1. The molecule has 2 aliphatic heterocycles. The van der Waals surface area contributed by atoms with Crippen molar-refractivity contribution < 1.29 is 0 Å². The molecule has 0 aromatic carbocycles. The highest BCUT2D eigenvalue weighted by Crippen LogP contribution is 2.34. The summed E-state index contributed by atoms with van der Waals surface area (Å²) in [6, 6.07) is 4.63. The molecule has 94 valence electrons. The Kier molecular flexibility index (Phi) is 3.81. The third kappa shape index (κ3) is 2.37. The van der Waals surface area contributed by atoms with Crippen LogP contribution >= 0.6 is 24.0 Å². The van der Waals surface area contributed by atoms with Crippen molar-refractivity contribution in [3.63, 3.8) is 0 Å². The van der Waals surface area contributed by atoms with E-state index < -0.39 is 0 Å². The van der Waals surface area contributed by atoms with Crippen LogP contribution < -0.4 is 4.90 Å². The van der Waals surface area contributed by atoms with Gasteiger partial charge in [-0.25, -0.2) is 4.98 Å². The molecular weight excluding hydrogens is 257 g/mol. The van der Waals surface area contributed by atoms with Crippen LogP contribution in [0.25, 0.3) is 0 Å². The van der Waals surface area contributed by atoms with Crippen LogP contribution in [0.3, 0.4) is 0 Å². The van der Waals surface area contributed by atoms with Gasteiger partial charge in [0, 0.05) is 25.7 Å². The first kappa shape index (κ1) is 12.9. The second-order valence-corrected chi connectivity index (χ2v) is 5.26. The Hall–Kier alpha value is -0.510. The molecule has 1 aromatic heterocycles. The first-order valence-electron chi connectivity index (χ1n) is 5.81. The minimum absolute atomic E-state index is 0. The van der Waals surface area contributed by atoms with E-state index in [1.165, 1.54) is 25.2 Å². The van der Waals surface area contributed by atoms with E-state index in [9.17, 15) is 0 Å². The Balaban J connectivity index is 0.00000108. The summed E-state index contributed by atoms with van der Waals surface area (Å²) in [5.74, 6) is 0.834. The molecule has 2 aliphatic rings. The maximum atomic E-state index is 5.81. The maximum Gasteiger partial charge on any atom is 0.129 e. The molecule has 3 rings (SSSR count). The molecule has 5 heteroatoms. The minimum atomic E-state index is 0. The number of fused-ring (bicyclic) bond motifs is 1. The lowest BCUT2D eigenvalue weighted by molar-refractivity contribution is 0.386. The van der Waals surface area contributed by atoms with E-state index >= 15 is 0 Å². The number of aromatic nitrogens is 1. The summed E-state index contributed by atoms with van der Waals surface area (Å²) in [5.41, 5.74) is 1.22. The van der Waals surface area contributed by atoms with Crippen LogP contribution in [0, 0.1) is 5.92 Å². The molecule has 1 aromatic rings. The van der Waals surface area contributed by atoms with Crippen LogP contribution in [0.5, 0.6) is 0 Å². The van der Waals surface area contributed by atoms with Gasteiger partial charge in [0.25, 0.3) is 0 Å². The van der Waals surface area contributed by atoms with Gasteiger partial charge in [0.1, 0.15) is 5.15 Å². The van der Waals surface area contributed by atoms with Gasteiger partial charge in [-0.2, -0.15) is 0 Å². The topological polar surface area (TPSA) is 19.4 Å². The average molecular weight is 274 g/mol. The average Bonchev–Trinajstić information content (AvgIpc) is 2.78. The van der Waals surface area contributed by atoms with Crippen molar-refractivity contribution in [3.8, 4) is 0 Å². The van der Waals surface area contributed by atoms with Crippen LogP contribution in [-0.4, -0.2) is 42.6 Å². The van der Waals surface area contributed by atoms with Gasteiger partial charge in [0.2, 0.25) is 0 Å². The lowest BCUT2D eigenvalue weighted by Crippen LogP contribution is -2.34. The smallest absolute Gasteiger partial charge is 0.129 e. The zero-order valence-corrected chi connectivity index (χ0v) is 11.4. The number of anilines is 1. The van der Waals surface area contributed by atoms with Gasteiger partial charge >= 0.3 is 0 Å². The molecule has 2 fully saturated rings. The first-order valence-corrected chi connectivity index (χ1v) is 6.18. The predicted octanol–water partition coefficient (Wildman–Crippen LogP) is 2.30. The molecule has 0 aliphatic carbocycles. The minimum Gasteiger partial charge on any atom is -0.366 e. The lowest BCUT2D eigenvalue weighted by Gasteiger charge is -2.25. The number of nitrogens with zero attached hydrogens (tertiary/aromatic N) is 3. The normalized spacial score (nSPS) is 28.0. The van der Waals surface area contributed by atoms with Crippen LogP contribution in [0.4, 0.5) is 5.69 Å². The second kappa shape index (κ2) is 5.01. The molecule has 3 heterocycles. The van der Waals surface area contributed by atoms with E-state index in [-0.39, 0.29) is 12.4 Å². The lowest BCUT2D eigenvalue weighted by atomic mass is 10.1. The van der Waals surface area contributed by atoms with Crippen molar-refractivity contribution >= 4 is 29.7 Å². The molecule has 0 spiro atoms. The number of likely N-dealkylation sites (N-methyl/N-ethyl adjacent to an activating group) is 1. The molecule has 0 amide bonds. The fourth-order valence-electron chi connectivity index (χ4n) is 3.03. The molecule has 17 heavy (non-hydrogen) atoms. The third-order valence-corrected chi connectivity index (χ3v) is 4.00. The van der Waals surface area contributed by atoms with E-state index in [0.29, 0.717) is 11.2 Å². The highest BCUT2D eigenvalue weighted by atomic mass is 35.5. The van der Waals surface area contributed by atoms with Crippen LogP contribution in [0.15, 0.2) is 18.3 Å². The van der Waals surface area contributed by atoms with Crippen molar-refractivity contribution in [1.29, 1.82) is 0 Å². The zero-order valence-electron chi connectivity index (χ0n) is 9.84. The van der Waals surface area contributed by atoms with E-state index in [2.05, 4.69) is 27.9 Å². The molecule has 2 unspecified atom stereocenters. The van der Waals surface area contributed by atoms with E-state index in [4.69, 9.17) is 11.6 Å². The SMILES string of the molecule is CN1CC2CCN(c3ccc(Cl)nc3)C2C1.Cl. The quantitative estimate of drug-likeness (QED) is 0.732. The van der Waals surface area contributed by atoms with Crippen molar-refractivity contribution in [2.24, 2.45) is 5.92 Å². The van der Waals surface area contributed by atoms with Crippen molar-refractivity contribution in [2.45, 2.75) is 12.5 Å². The molecule has 3 nitrogen and oxygen atoms in total. The largest absolute Gasteiger partial charge is 0.366 e. The summed E-state index contributed by atoms with van der Waals surface area (Å²) in [6.07, 6.45) is 3.20. The number of hydrogen-bond donors (Lipinski definition) is 0. The Labute approximate surface area is 113 Å². The molecule has 0 radical (unpaired) electrons. The zero-order chi connectivity index (χ0) is 11.1. The Morgan fingerprint density at radius 3 is 2.88 bits per heavy atom. The number of rotatable bonds is 1. The highest BCUT2D eigenvalue weighted by Gasteiger charge is 2.39. The highest BCUT2D eigenvalue weighted by molar-refractivity contribution is 6.29. The maximum absolute atomic E-state index is 5.81. The Morgan fingerprint density at radius 2 is 2.18 bits per heavy atom. The summed E-state index contributed by atoms with van der Waals surface area (Å²) >= 11 is 5.81. The van der Waals surface area contributed by atoms with Crippen LogP contribution in [0.1, 0.15) is 6.42 Å². The standard InChI is InChI=1S/C12H16ClN3.ClH/c1-15-7-9-4-5-16(11(9)8-15)10-2-3-12(13)14-6-10;/h2-3,6,9,11H,4-5,7-8H2,1H3;1H. The predicted molar refractivity (Wildman–Crippen MR) is 73.2 cm³/mol. The molecule has 0 bridgehead atoms. The van der Waals surface area contributed by atoms with Gasteiger partial charge in [0.05, 0.1) is 11.9 Å². The molecule has 0 saturated carbocycles. The van der Waals surface area contributed by atoms with E-state index in [0.717, 1.165) is 12.5 Å². The third-order valence-electron chi connectivity index (χ3n) is 3.77. The summed E-state index contributed by atoms with van der Waals surface area (Å²) in [5, 5.41) is 0.572. The summed E-state index contributed by atoms with van der Waals surface area (Å²) in [6.45, 7) is 3.57. The van der Waals surface area contributed by atoms with Crippen molar-refractivity contribution in [3.05, 3.63) is 23.5 Å². The fraction of sp³-hybridized carbons (Fsp3) is 0.583. The summed E-state index contributed by atoms with van der Waals surface area (Å²) in [7, 11) is 2.20. The Morgan fingerprint density at radius 1 is 1.35 bits per heavy atom. The van der Waals surface area contributed by atoms with Gasteiger partial charge < -0.3 is 9.80 Å². The van der Waals surface area contributed by atoms with Gasteiger partial charge in [-0.3, -0.25) is 0 Å². The van der Waals surface area contributed by atoms with Crippen LogP contribution in [0.2, 0.25) is 5.15 Å². The summed E-state index contributed by atoms with van der Waals surface area (Å²) < 4.78 is 0. The van der Waals surface area contributed by atoms with Crippen LogP contribution in [-0.2, 0) is 0 Å². The first-order chi connectivity index (χ1) is 7.74. The monoisotopic (exact) mass is 273 g/mol. The Bertz CT molecular complexity index is 382. The van der Waals surface area contributed by atoms with Crippen molar-refractivity contribution in [1.82, 2.24) is 9.88 Å². The number of halogens is 2. The van der Waals surface area contributed by atoms with Gasteiger partial charge in [-0.1, -0.05) is 11.6 Å². The molecule has 2 atom stereocenters. The van der Waals surface area contributed by atoms with E-state index in [1.54, 1.807) is 0 Å². The summed E-state index contributed by atoms with van der Waals surface area (Å²) in [4.78, 5) is 9.07. The van der Waals surface area contributed by atoms with Gasteiger partial charge in [0.15, 0.2) is 0 Å². The van der Waals surface area contributed by atoms with Crippen molar-refractivity contribution in [2.75, 3.05) is 31.6 Å². The van der Waals surface area contributed by atoms with E-state index in [1.807, 2.05) is 12.3 Å². The number of likely N-dealkylation sites (tertiary alicyclic amines) is 1.